The van der Waals surface area contributed by atoms with Crippen molar-refractivity contribution in [3.05, 3.63) is 48.5 Å². The zero-order valence-corrected chi connectivity index (χ0v) is 13.8. The van der Waals surface area contributed by atoms with Gasteiger partial charge >= 0.3 is 0 Å². The van der Waals surface area contributed by atoms with E-state index in [1.807, 2.05) is 39.2 Å². The smallest absolute Gasteiger partial charge is 0.266 e. The van der Waals surface area contributed by atoms with E-state index in [1.165, 1.54) is 10.4 Å². The first-order valence-electron chi connectivity index (χ1n) is 7.02. The van der Waals surface area contributed by atoms with Gasteiger partial charge in [0.15, 0.2) is 0 Å². The van der Waals surface area contributed by atoms with Crippen molar-refractivity contribution in [3.8, 4) is 0 Å². The number of nitrogens with two attached hydrogens (primary N) is 1. The zero-order chi connectivity index (χ0) is 16.3. The van der Waals surface area contributed by atoms with Crippen LogP contribution < -0.4 is 14.9 Å². The fourth-order valence-corrected chi connectivity index (χ4v) is 4.09. The molecule has 0 aliphatic rings. The lowest BCUT2D eigenvalue weighted by Crippen LogP contribution is -2.32. The summed E-state index contributed by atoms with van der Waals surface area (Å²) in [7, 11) is -0.0729. The van der Waals surface area contributed by atoms with E-state index in [1.54, 1.807) is 29.2 Å². The van der Waals surface area contributed by atoms with Crippen LogP contribution in [0.2, 0.25) is 0 Å². The van der Waals surface area contributed by atoms with Gasteiger partial charge in [-0.1, -0.05) is 18.2 Å². The van der Waals surface area contributed by atoms with E-state index in [4.69, 9.17) is 5.73 Å². The topological polar surface area (TPSA) is 66.6 Å². The molecule has 118 valence electrons. The maximum absolute atomic E-state index is 13.1. The van der Waals surface area contributed by atoms with Crippen LogP contribution in [0.1, 0.15) is 6.92 Å². The molecule has 0 radical (unpaired) electrons. The second-order valence-corrected chi connectivity index (χ2v) is 6.96. The number of sulfonamides is 1. The van der Waals surface area contributed by atoms with Crippen molar-refractivity contribution >= 4 is 27.1 Å². The Morgan fingerprint density at radius 3 is 2.23 bits per heavy atom. The summed E-state index contributed by atoms with van der Waals surface area (Å²) in [6.07, 6.45) is 0. The highest BCUT2D eigenvalue weighted by molar-refractivity contribution is 7.93. The third-order valence-electron chi connectivity index (χ3n) is 3.37. The van der Waals surface area contributed by atoms with Gasteiger partial charge in [-0.25, -0.2) is 8.42 Å². The SMILES string of the molecule is CCN(c1ccccc1)S(=O)(=O)c1cc(N)ccc1N(C)C. The van der Waals surface area contributed by atoms with Gasteiger partial charge in [-0.2, -0.15) is 0 Å². The number of hydrogen-bond donors (Lipinski definition) is 1. The molecule has 5 nitrogen and oxygen atoms in total. The van der Waals surface area contributed by atoms with Crippen LogP contribution in [-0.2, 0) is 10.0 Å². The Morgan fingerprint density at radius 1 is 1.05 bits per heavy atom. The minimum atomic E-state index is -3.69. The molecule has 0 saturated carbocycles. The van der Waals surface area contributed by atoms with Crippen molar-refractivity contribution in [2.75, 3.05) is 35.6 Å². The van der Waals surface area contributed by atoms with Crippen molar-refractivity contribution < 1.29 is 8.42 Å². The summed E-state index contributed by atoms with van der Waals surface area (Å²) < 4.78 is 27.6. The van der Waals surface area contributed by atoms with Gasteiger partial charge in [-0.3, -0.25) is 4.31 Å². The Morgan fingerprint density at radius 2 is 1.68 bits per heavy atom. The predicted molar refractivity (Wildman–Crippen MR) is 91.8 cm³/mol. The Balaban J connectivity index is 2.61. The van der Waals surface area contributed by atoms with Gasteiger partial charge in [0.2, 0.25) is 0 Å². The first-order chi connectivity index (χ1) is 10.4. The summed E-state index contributed by atoms with van der Waals surface area (Å²) >= 11 is 0. The molecule has 0 aliphatic carbocycles. The summed E-state index contributed by atoms with van der Waals surface area (Å²) in [6, 6.07) is 14.0. The van der Waals surface area contributed by atoms with Gasteiger partial charge in [-0.05, 0) is 37.3 Å². The molecule has 0 atom stereocenters. The summed E-state index contributed by atoms with van der Waals surface area (Å²) in [5.41, 5.74) is 7.48. The van der Waals surface area contributed by atoms with Crippen molar-refractivity contribution in [3.63, 3.8) is 0 Å². The molecule has 0 bridgehead atoms. The molecule has 2 aromatic rings. The lowest BCUT2D eigenvalue weighted by atomic mass is 10.3. The normalized spacial score (nSPS) is 11.2. The standard InChI is InChI=1S/C16H21N3O2S/c1-4-19(14-8-6-5-7-9-14)22(20,21)16-12-13(17)10-11-15(16)18(2)3/h5-12H,4,17H2,1-3H3. The molecule has 22 heavy (non-hydrogen) atoms. The molecular weight excluding hydrogens is 298 g/mol. The highest BCUT2D eigenvalue weighted by Gasteiger charge is 2.27. The van der Waals surface area contributed by atoms with Crippen LogP contribution in [0.25, 0.3) is 0 Å². The van der Waals surface area contributed by atoms with E-state index in [0.717, 1.165) is 0 Å². The van der Waals surface area contributed by atoms with Gasteiger partial charge in [0.25, 0.3) is 10.0 Å². The van der Waals surface area contributed by atoms with Crippen LogP contribution in [0, 0.1) is 0 Å². The van der Waals surface area contributed by atoms with Crippen LogP contribution >= 0.6 is 0 Å². The second-order valence-electron chi connectivity index (χ2n) is 5.13. The van der Waals surface area contributed by atoms with Crippen molar-refractivity contribution in [2.24, 2.45) is 0 Å². The maximum atomic E-state index is 13.1. The zero-order valence-electron chi connectivity index (χ0n) is 13.0. The van der Waals surface area contributed by atoms with Crippen LogP contribution in [0.5, 0.6) is 0 Å². The summed E-state index contributed by atoms with van der Waals surface area (Å²) in [5, 5.41) is 0. The van der Waals surface area contributed by atoms with E-state index in [2.05, 4.69) is 0 Å². The number of anilines is 3. The van der Waals surface area contributed by atoms with E-state index in [-0.39, 0.29) is 4.90 Å². The molecule has 2 rings (SSSR count). The number of nitrogen functional groups attached to an aromatic ring is 1. The lowest BCUT2D eigenvalue weighted by Gasteiger charge is -2.26. The molecule has 0 fully saturated rings. The van der Waals surface area contributed by atoms with Crippen molar-refractivity contribution in [1.29, 1.82) is 0 Å². The molecule has 0 unspecified atom stereocenters. The largest absolute Gasteiger partial charge is 0.399 e. The Bertz CT molecular complexity index is 743. The third-order valence-corrected chi connectivity index (χ3v) is 5.30. The van der Waals surface area contributed by atoms with Crippen molar-refractivity contribution in [1.82, 2.24) is 0 Å². The molecule has 0 saturated heterocycles. The molecule has 0 spiro atoms. The maximum Gasteiger partial charge on any atom is 0.266 e. The number of hydrogen-bond acceptors (Lipinski definition) is 4. The lowest BCUT2D eigenvalue weighted by molar-refractivity contribution is 0.592. The average Bonchev–Trinajstić information content (AvgIpc) is 2.48. The quantitative estimate of drug-likeness (QED) is 0.860. The minimum Gasteiger partial charge on any atom is -0.399 e. The molecule has 2 N–H and O–H groups in total. The van der Waals surface area contributed by atoms with Crippen LogP contribution in [0.4, 0.5) is 17.1 Å². The van der Waals surface area contributed by atoms with E-state index >= 15 is 0 Å². The Hall–Kier alpha value is -2.21. The van der Waals surface area contributed by atoms with Gasteiger partial charge in [0, 0.05) is 26.3 Å². The number of benzene rings is 2. The molecular formula is C16H21N3O2S. The number of nitrogens with zero attached hydrogens (tertiary/aromatic N) is 2. The summed E-state index contributed by atoms with van der Waals surface area (Å²) in [5.74, 6) is 0. The monoisotopic (exact) mass is 319 g/mol. The highest BCUT2D eigenvalue weighted by Crippen LogP contribution is 2.31. The highest BCUT2D eigenvalue weighted by atomic mass is 32.2. The Kier molecular flexibility index (Phi) is 4.61. The van der Waals surface area contributed by atoms with E-state index in [0.29, 0.717) is 23.6 Å². The molecule has 0 aromatic heterocycles. The van der Waals surface area contributed by atoms with E-state index in [9.17, 15) is 8.42 Å². The number of rotatable bonds is 5. The van der Waals surface area contributed by atoms with Gasteiger partial charge in [-0.15, -0.1) is 0 Å². The fourth-order valence-electron chi connectivity index (χ4n) is 2.31. The predicted octanol–water partition coefficient (Wildman–Crippen LogP) is 2.55. The second kappa shape index (κ2) is 6.27. The first-order valence-corrected chi connectivity index (χ1v) is 8.46. The van der Waals surface area contributed by atoms with E-state index < -0.39 is 10.0 Å². The van der Waals surface area contributed by atoms with Gasteiger partial charge in [0.05, 0.1) is 11.4 Å². The molecule has 6 heteroatoms. The minimum absolute atomic E-state index is 0.211. The van der Waals surface area contributed by atoms with Gasteiger partial charge < -0.3 is 10.6 Å². The summed E-state index contributed by atoms with van der Waals surface area (Å²) in [6.45, 7) is 2.15. The molecule has 0 amide bonds. The van der Waals surface area contributed by atoms with Crippen LogP contribution in [0.3, 0.4) is 0 Å². The first kappa shape index (κ1) is 16.2. The van der Waals surface area contributed by atoms with Crippen LogP contribution in [-0.4, -0.2) is 29.1 Å². The third kappa shape index (κ3) is 3.01. The van der Waals surface area contributed by atoms with Crippen LogP contribution in [0.15, 0.2) is 53.4 Å². The fraction of sp³-hybridized carbons (Fsp3) is 0.250. The molecule has 0 heterocycles. The van der Waals surface area contributed by atoms with Gasteiger partial charge in [0.1, 0.15) is 4.90 Å². The van der Waals surface area contributed by atoms with Crippen molar-refractivity contribution in [2.45, 2.75) is 11.8 Å². The number of para-hydroxylation sites is 1. The molecule has 0 aliphatic heterocycles. The summed E-state index contributed by atoms with van der Waals surface area (Å²) in [4.78, 5) is 1.98. The molecule has 2 aromatic carbocycles. The Labute approximate surface area is 132 Å². The average molecular weight is 319 g/mol.